The number of nitrogens with one attached hydrogen (secondary N) is 2. The molecule has 0 unspecified atom stereocenters. The summed E-state index contributed by atoms with van der Waals surface area (Å²) >= 11 is 0. The number of amides is 1. The van der Waals surface area contributed by atoms with Gasteiger partial charge in [0.2, 0.25) is 0 Å². The smallest absolute Gasteiger partial charge is 0.292 e. The quantitative estimate of drug-likeness (QED) is 0.252. The third-order valence-corrected chi connectivity index (χ3v) is 6.18. The number of carbonyl (C=O) groups is 1. The molecule has 0 aliphatic rings. The van der Waals surface area contributed by atoms with Gasteiger partial charge in [-0.25, -0.2) is 5.43 Å². The van der Waals surface area contributed by atoms with Gasteiger partial charge < -0.3 is 9.72 Å². The van der Waals surface area contributed by atoms with Gasteiger partial charge in [0.25, 0.3) is 17.0 Å². The lowest BCUT2D eigenvalue weighted by Crippen LogP contribution is -2.31. The Morgan fingerprint density at radius 3 is 2.64 bits per heavy atom. The fourth-order valence-electron chi connectivity index (χ4n) is 4.10. The number of unbranched alkanes of at least 4 members (excludes halogenated alkanes) is 1. The normalized spacial score (nSPS) is 11.0. The van der Waals surface area contributed by atoms with Crippen LogP contribution in [0.1, 0.15) is 59.4 Å². The molecule has 0 radical (unpaired) electrons. The maximum Gasteiger partial charge on any atom is 0.292 e. The highest BCUT2D eigenvalue weighted by Crippen LogP contribution is 2.17. The molecule has 39 heavy (non-hydrogen) atoms. The molecule has 1 amide bonds. The summed E-state index contributed by atoms with van der Waals surface area (Å²) in [6.07, 6.45) is 4.35. The zero-order valence-corrected chi connectivity index (χ0v) is 21.9. The van der Waals surface area contributed by atoms with Crippen molar-refractivity contribution >= 4 is 23.0 Å². The number of hydrogen-bond donors (Lipinski definition) is 2. The number of nitrogens with zero attached hydrogens (tertiary/aromatic N) is 4. The van der Waals surface area contributed by atoms with Gasteiger partial charge in [0, 0.05) is 11.1 Å². The van der Waals surface area contributed by atoms with E-state index in [4.69, 9.17) is 4.74 Å². The first kappa shape index (κ1) is 27.0. The van der Waals surface area contributed by atoms with E-state index in [1.807, 2.05) is 31.2 Å². The highest BCUT2D eigenvalue weighted by atomic mass is 16.5. The number of rotatable bonds is 9. The Morgan fingerprint density at radius 1 is 1.18 bits per heavy atom. The molecule has 198 valence electrons. The fourth-order valence-corrected chi connectivity index (χ4v) is 4.10. The van der Waals surface area contributed by atoms with E-state index in [-0.39, 0.29) is 27.9 Å². The monoisotopic (exact) mass is 524 g/mol. The van der Waals surface area contributed by atoms with Crippen molar-refractivity contribution < 1.29 is 9.53 Å². The molecule has 0 saturated carbocycles. The molecule has 0 fully saturated rings. The van der Waals surface area contributed by atoms with E-state index in [1.54, 1.807) is 30.3 Å². The average Bonchev–Trinajstić information content (AvgIpc) is 2.93. The summed E-state index contributed by atoms with van der Waals surface area (Å²) in [4.78, 5) is 41.2. The number of H-pyrrole nitrogens is 1. The summed E-state index contributed by atoms with van der Waals surface area (Å²) in [7, 11) is 0. The molecule has 0 saturated heterocycles. The lowest BCUT2D eigenvalue weighted by Gasteiger charge is -2.11. The van der Waals surface area contributed by atoms with Gasteiger partial charge in [-0.15, -0.1) is 0 Å². The second-order valence-electron chi connectivity index (χ2n) is 8.88. The van der Waals surface area contributed by atoms with Crippen LogP contribution >= 0.6 is 0 Å². The van der Waals surface area contributed by atoms with Crippen LogP contribution in [0.2, 0.25) is 0 Å². The molecule has 0 aliphatic heterocycles. The number of nitriles is 1. The minimum Gasteiger partial charge on any atom is -0.494 e. The zero-order valence-electron chi connectivity index (χ0n) is 21.9. The van der Waals surface area contributed by atoms with Crippen LogP contribution in [0.3, 0.4) is 0 Å². The molecule has 0 atom stereocenters. The molecule has 10 heteroatoms. The van der Waals surface area contributed by atoms with Crippen LogP contribution in [-0.2, 0) is 6.42 Å². The third-order valence-electron chi connectivity index (χ3n) is 6.18. The predicted molar refractivity (Wildman–Crippen MR) is 149 cm³/mol. The Hall–Kier alpha value is -5.04. The van der Waals surface area contributed by atoms with Gasteiger partial charge in [-0.1, -0.05) is 19.4 Å². The molecular formula is C29H28N6O4. The van der Waals surface area contributed by atoms with E-state index in [9.17, 15) is 19.6 Å². The highest BCUT2D eigenvalue weighted by molar-refractivity contribution is 5.95. The van der Waals surface area contributed by atoms with Gasteiger partial charge in [0.15, 0.2) is 5.69 Å². The van der Waals surface area contributed by atoms with E-state index >= 15 is 0 Å². The predicted octanol–water partition coefficient (Wildman–Crippen LogP) is 3.76. The van der Waals surface area contributed by atoms with Crippen molar-refractivity contribution in [3.8, 4) is 17.5 Å². The van der Waals surface area contributed by atoms with Gasteiger partial charge >= 0.3 is 0 Å². The number of hydrogen-bond acceptors (Lipinski definition) is 7. The number of carbonyl (C=O) groups excluding carboxylic acids is 1. The van der Waals surface area contributed by atoms with Crippen LogP contribution in [-0.4, -0.2) is 33.5 Å². The van der Waals surface area contributed by atoms with Crippen LogP contribution in [0.5, 0.6) is 5.75 Å². The molecular weight excluding hydrogens is 496 g/mol. The first-order valence-electron chi connectivity index (χ1n) is 12.6. The van der Waals surface area contributed by atoms with Crippen molar-refractivity contribution in [2.75, 3.05) is 6.61 Å². The maximum absolute atomic E-state index is 13.0. The molecule has 0 aliphatic carbocycles. The van der Waals surface area contributed by atoms with Crippen molar-refractivity contribution in [2.24, 2.45) is 5.10 Å². The fraction of sp³-hybridized carbons (Fsp3) is 0.241. The van der Waals surface area contributed by atoms with E-state index in [1.165, 1.54) is 18.7 Å². The molecule has 0 spiro atoms. The zero-order chi connectivity index (χ0) is 27.9. The number of aromatic amines is 1. The van der Waals surface area contributed by atoms with Crippen LogP contribution in [0.15, 0.2) is 63.2 Å². The largest absolute Gasteiger partial charge is 0.494 e. The standard InChI is InChI=1S/C29H28N6O4/c1-4-6-7-19-8-13-25-20(14-19)15-21(27(36)32-25)17-31-33-28(37)26-18(3)24(16-30)29(38)35(34-26)22-9-11-23(12-10-22)39-5-2/h8-15,17H,4-7H2,1-3H3,(H,32,36)(H,33,37)/b31-17+. The topological polar surface area (TPSA) is 142 Å². The molecule has 4 aromatic rings. The lowest BCUT2D eigenvalue weighted by atomic mass is 10.0. The number of aromatic nitrogens is 3. The lowest BCUT2D eigenvalue weighted by molar-refractivity contribution is 0.0947. The number of ether oxygens (including phenoxy) is 1. The van der Waals surface area contributed by atoms with E-state index < -0.39 is 11.5 Å². The Bertz CT molecular complexity index is 1710. The number of aryl methyl sites for hydroxylation is 1. The van der Waals surface area contributed by atoms with Gasteiger partial charge in [-0.05, 0) is 80.1 Å². The van der Waals surface area contributed by atoms with Crippen molar-refractivity contribution in [2.45, 2.75) is 40.0 Å². The molecule has 2 aromatic carbocycles. The number of pyridine rings is 1. The first-order chi connectivity index (χ1) is 18.9. The van der Waals surface area contributed by atoms with Crippen molar-refractivity contribution in [3.63, 3.8) is 0 Å². The Morgan fingerprint density at radius 2 is 1.95 bits per heavy atom. The Kier molecular flexibility index (Phi) is 8.31. The van der Waals surface area contributed by atoms with Gasteiger partial charge in [0.05, 0.1) is 24.1 Å². The number of fused-ring (bicyclic) bond motifs is 1. The number of hydrazone groups is 1. The minimum absolute atomic E-state index is 0.126. The van der Waals surface area contributed by atoms with Crippen LogP contribution < -0.4 is 21.3 Å². The van der Waals surface area contributed by atoms with E-state index in [2.05, 4.69) is 27.5 Å². The summed E-state index contributed by atoms with van der Waals surface area (Å²) in [5, 5.41) is 18.6. The first-order valence-corrected chi connectivity index (χ1v) is 12.6. The number of benzene rings is 2. The molecule has 4 rings (SSSR count). The van der Waals surface area contributed by atoms with E-state index in [0.717, 1.165) is 29.3 Å². The maximum atomic E-state index is 13.0. The second kappa shape index (κ2) is 12.0. The molecule has 0 bridgehead atoms. The summed E-state index contributed by atoms with van der Waals surface area (Å²) in [5.74, 6) is -0.130. The van der Waals surface area contributed by atoms with Crippen molar-refractivity contribution in [1.82, 2.24) is 20.2 Å². The summed E-state index contributed by atoms with van der Waals surface area (Å²) in [6, 6.07) is 16.0. The summed E-state index contributed by atoms with van der Waals surface area (Å²) in [5.41, 5.74) is 3.61. The molecule has 2 N–H and O–H groups in total. The van der Waals surface area contributed by atoms with Gasteiger partial charge in [-0.3, -0.25) is 14.4 Å². The van der Waals surface area contributed by atoms with Crippen molar-refractivity contribution in [1.29, 1.82) is 5.26 Å². The van der Waals surface area contributed by atoms with Gasteiger partial charge in [-0.2, -0.15) is 20.1 Å². The van der Waals surface area contributed by atoms with E-state index in [0.29, 0.717) is 23.6 Å². The second-order valence-corrected chi connectivity index (χ2v) is 8.88. The highest BCUT2D eigenvalue weighted by Gasteiger charge is 2.20. The minimum atomic E-state index is -0.737. The SMILES string of the molecule is CCCCc1ccc2[nH]c(=O)c(/C=N/NC(=O)c3nn(-c4ccc(OCC)cc4)c(=O)c(C#N)c3C)cc2c1. The van der Waals surface area contributed by atoms with Gasteiger partial charge in [0.1, 0.15) is 17.4 Å². The summed E-state index contributed by atoms with van der Waals surface area (Å²) in [6.45, 7) is 5.94. The van der Waals surface area contributed by atoms with Crippen LogP contribution in [0.4, 0.5) is 0 Å². The molecule has 2 heterocycles. The molecule has 2 aromatic heterocycles. The van der Waals surface area contributed by atoms with Crippen LogP contribution in [0, 0.1) is 18.3 Å². The average molecular weight is 525 g/mol. The van der Waals surface area contributed by atoms with Crippen molar-refractivity contribution in [3.05, 3.63) is 97.2 Å². The molecule has 10 nitrogen and oxygen atoms in total. The summed E-state index contributed by atoms with van der Waals surface area (Å²) < 4.78 is 6.41. The Labute approximate surface area is 224 Å². The third kappa shape index (κ3) is 5.93. The Balaban J connectivity index is 1.61. The van der Waals surface area contributed by atoms with Crippen LogP contribution in [0.25, 0.3) is 16.6 Å².